The molecule has 2 aromatic heterocycles. The van der Waals surface area contributed by atoms with Crippen molar-refractivity contribution >= 4 is 5.91 Å². The van der Waals surface area contributed by atoms with Gasteiger partial charge in [-0.2, -0.15) is 15.0 Å². The van der Waals surface area contributed by atoms with Gasteiger partial charge in [-0.05, 0) is 17.7 Å². The third-order valence-corrected chi connectivity index (χ3v) is 4.04. The van der Waals surface area contributed by atoms with Crippen molar-refractivity contribution in [3.8, 4) is 5.69 Å². The Hall–Kier alpha value is -3.74. The van der Waals surface area contributed by atoms with Gasteiger partial charge < -0.3 is 5.32 Å². The van der Waals surface area contributed by atoms with Gasteiger partial charge in [0.15, 0.2) is 5.69 Å². The van der Waals surface area contributed by atoms with Gasteiger partial charge in [0.25, 0.3) is 5.91 Å². The zero-order valence-corrected chi connectivity index (χ0v) is 14.6. The maximum absolute atomic E-state index is 12.3. The van der Waals surface area contributed by atoms with Crippen LogP contribution in [-0.4, -0.2) is 30.7 Å². The van der Waals surface area contributed by atoms with E-state index in [1.165, 1.54) is 16.6 Å². The topological polar surface area (TPSA) is 77.6 Å². The van der Waals surface area contributed by atoms with Crippen molar-refractivity contribution in [2.45, 2.75) is 13.1 Å². The molecule has 7 nitrogen and oxygen atoms in total. The molecule has 0 saturated carbocycles. The first-order chi connectivity index (χ1) is 13.3. The fourth-order valence-electron chi connectivity index (χ4n) is 2.68. The van der Waals surface area contributed by atoms with Gasteiger partial charge in [0.05, 0.1) is 24.6 Å². The average molecular weight is 358 g/mol. The highest BCUT2D eigenvalue weighted by atomic mass is 16.2. The molecular weight excluding hydrogens is 340 g/mol. The molecule has 7 heteroatoms. The van der Waals surface area contributed by atoms with Crippen LogP contribution in [0.15, 0.2) is 79.3 Å². The molecule has 2 aromatic carbocycles. The third-order valence-electron chi connectivity index (χ3n) is 4.04. The largest absolute Gasteiger partial charge is 0.346 e. The third kappa shape index (κ3) is 4.09. The fourth-order valence-corrected chi connectivity index (χ4v) is 2.68. The average Bonchev–Trinajstić information content (AvgIpc) is 3.37. The first-order valence-electron chi connectivity index (χ1n) is 8.59. The predicted molar refractivity (Wildman–Crippen MR) is 100 cm³/mol. The van der Waals surface area contributed by atoms with Crippen molar-refractivity contribution in [2.75, 3.05) is 0 Å². The van der Waals surface area contributed by atoms with Crippen molar-refractivity contribution in [1.29, 1.82) is 0 Å². The lowest BCUT2D eigenvalue weighted by molar-refractivity contribution is 0.0945. The van der Waals surface area contributed by atoms with E-state index in [1.54, 1.807) is 6.20 Å². The lowest BCUT2D eigenvalue weighted by atomic mass is 10.2. The summed E-state index contributed by atoms with van der Waals surface area (Å²) in [6.07, 6.45) is 5.14. The number of amides is 1. The summed E-state index contributed by atoms with van der Waals surface area (Å²) in [5.74, 6) is -0.270. The lowest BCUT2D eigenvalue weighted by Gasteiger charge is -2.02. The summed E-state index contributed by atoms with van der Waals surface area (Å²) >= 11 is 0. The van der Waals surface area contributed by atoms with E-state index in [2.05, 4.69) is 32.7 Å². The number of hydrogen-bond acceptors (Lipinski definition) is 4. The Kier molecular flexibility index (Phi) is 4.74. The summed E-state index contributed by atoms with van der Waals surface area (Å²) in [6, 6.07) is 19.6. The van der Waals surface area contributed by atoms with Gasteiger partial charge in [-0.3, -0.25) is 9.48 Å². The van der Waals surface area contributed by atoms with E-state index in [9.17, 15) is 4.79 Å². The van der Waals surface area contributed by atoms with Crippen molar-refractivity contribution in [1.82, 2.24) is 30.1 Å². The van der Waals surface area contributed by atoms with Crippen molar-refractivity contribution in [2.24, 2.45) is 0 Å². The molecular formula is C20H18N6O. The van der Waals surface area contributed by atoms with Crippen molar-refractivity contribution < 1.29 is 4.79 Å². The van der Waals surface area contributed by atoms with Crippen LogP contribution in [0.2, 0.25) is 0 Å². The number of aromatic nitrogens is 5. The predicted octanol–water partition coefficient (Wildman–Crippen LogP) is 2.44. The number of nitrogens with zero attached hydrogens (tertiary/aromatic N) is 5. The summed E-state index contributed by atoms with van der Waals surface area (Å²) in [4.78, 5) is 13.7. The Bertz CT molecular complexity index is 1020. The number of benzene rings is 2. The Morgan fingerprint density at radius 1 is 0.889 bits per heavy atom. The van der Waals surface area contributed by atoms with Gasteiger partial charge in [0, 0.05) is 18.3 Å². The highest BCUT2D eigenvalue weighted by Crippen LogP contribution is 2.06. The minimum atomic E-state index is -0.270. The molecule has 0 aliphatic carbocycles. The maximum Gasteiger partial charge on any atom is 0.273 e. The Morgan fingerprint density at radius 3 is 2.41 bits per heavy atom. The molecule has 0 bridgehead atoms. The molecule has 0 radical (unpaired) electrons. The van der Waals surface area contributed by atoms with Crippen LogP contribution in [0.25, 0.3) is 5.69 Å². The Balaban J connectivity index is 1.35. The second kappa shape index (κ2) is 7.65. The van der Waals surface area contributed by atoms with E-state index in [0.717, 1.165) is 11.3 Å². The van der Waals surface area contributed by atoms with Gasteiger partial charge in [-0.15, -0.1) is 5.10 Å². The zero-order chi connectivity index (χ0) is 18.5. The van der Waals surface area contributed by atoms with Crippen LogP contribution >= 0.6 is 0 Å². The molecule has 0 aliphatic heterocycles. The summed E-state index contributed by atoms with van der Waals surface area (Å²) in [6.45, 7) is 1.08. The first kappa shape index (κ1) is 16.7. The number of carbonyl (C=O) groups excluding carboxylic acids is 1. The van der Waals surface area contributed by atoms with Crippen molar-refractivity contribution in [3.05, 3.63) is 96.1 Å². The fraction of sp³-hybridized carbons (Fsp3) is 0.100. The molecule has 0 spiro atoms. The van der Waals surface area contributed by atoms with E-state index in [4.69, 9.17) is 0 Å². The van der Waals surface area contributed by atoms with Gasteiger partial charge in [-0.1, -0.05) is 48.5 Å². The molecule has 134 valence electrons. The molecule has 0 atom stereocenters. The number of para-hydroxylation sites is 1. The van der Waals surface area contributed by atoms with Crippen LogP contribution in [0.4, 0.5) is 0 Å². The molecule has 0 aliphatic rings. The smallest absolute Gasteiger partial charge is 0.273 e. The molecule has 0 fully saturated rings. The number of rotatable bonds is 6. The molecule has 4 aromatic rings. The molecule has 0 saturated heterocycles. The summed E-state index contributed by atoms with van der Waals surface area (Å²) in [5.41, 5.74) is 3.18. The van der Waals surface area contributed by atoms with Crippen molar-refractivity contribution in [3.63, 3.8) is 0 Å². The SMILES string of the molecule is O=C(NCc1cnn(Cc2ccccc2)c1)c1cnn(-c2ccccc2)n1. The Labute approximate surface area is 156 Å². The van der Waals surface area contributed by atoms with Gasteiger partial charge in [0.1, 0.15) is 0 Å². The molecule has 1 amide bonds. The van der Waals surface area contributed by atoms with Crippen LogP contribution < -0.4 is 5.32 Å². The summed E-state index contributed by atoms with van der Waals surface area (Å²) in [5, 5.41) is 15.6. The monoisotopic (exact) mass is 358 g/mol. The highest BCUT2D eigenvalue weighted by molar-refractivity contribution is 5.91. The molecule has 2 heterocycles. The van der Waals surface area contributed by atoms with E-state index < -0.39 is 0 Å². The summed E-state index contributed by atoms with van der Waals surface area (Å²) in [7, 11) is 0. The van der Waals surface area contributed by atoms with E-state index >= 15 is 0 Å². The zero-order valence-electron chi connectivity index (χ0n) is 14.6. The molecule has 0 unspecified atom stereocenters. The lowest BCUT2D eigenvalue weighted by Crippen LogP contribution is -2.23. The van der Waals surface area contributed by atoms with E-state index in [0.29, 0.717) is 13.1 Å². The van der Waals surface area contributed by atoms with Crippen LogP contribution in [0.1, 0.15) is 21.6 Å². The maximum atomic E-state index is 12.3. The number of carbonyl (C=O) groups is 1. The van der Waals surface area contributed by atoms with Crippen LogP contribution in [0, 0.1) is 0 Å². The second-order valence-corrected chi connectivity index (χ2v) is 6.07. The van der Waals surface area contributed by atoms with Gasteiger partial charge >= 0.3 is 0 Å². The first-order valence-corrected chi connectivity index (χ1v) is 8.59. The Morgan fingerprint density at radius 2 is 1.63 bits per heavy atom. The molecule has 4 rings (SSSR count). The number of hydrogen-bond donors (Lipinski definition) is 1. The standard InChI is InChI=1S/C20H18N6O/c27-20(19-13-23-26(24-19)18-9-5-2-6-10-18)21-11-17-12-22-25(15-17)14-16-7-3-1-4-8-16/h1-10,12-13,15H,11,14H2,(H,21,27). The second-order valence-electron chi connectivity index (χ2n) is 6.07. The highest BCUT2D eigenvalue weighted by Gasteiger charge is 2.11. The quantitative estimate of drug-likeness (QED) is 0.574. The molecule has 1 N–H and O–H groups in total. The minimum absolute atomic E-state index is 0.270. The van der Waals surface area contributed by atoms with E-state index in [1.807, 2.05) is 59.4 Å². The van der Waals surface area contributed by atoms with Crippen LogP contribution in [-0.2, 0) is 13.1 Å². The summed E-state index contributed by atoms with van der Waals surface area (Å²) < 4.78 is 1.85. The minimum Gasteiger partial charge on any atom is -0.346 e. The normalized spacial score (nSPS) is 10.7. The van der Waals surface area contributed by atoms with Gasteiger partial charge in [-0.25, -0.2) is 0 Å². The molecule has 27 heavy (non-hydrogen) atoms. The number of nitrogens with one attached hydrogen (secondary N) is 1. The van der Waals surface area contributed by atoms with E-state index in [-0.39, 0.29) is 11.6 Å². The van der Waals surface area contributed by atoms with Crippen LogP contribution in [0.3, 0.4) is 0 Å². The van der Waals surface area contributed by atoms with Gasteiger partial charge in [0.2, 0.25) is 0 Å². The van der Waals surface area contributed by atoms with Crippen LogP contribution in [0.5, 0.6) is 0 Å².